The number of nitrogen functional groups attached to an aromatic ring is 1. The third kappa shape index (κ3) is 3.24. The van der Waals surface area contributed by atoms with Gasteiger partial charge in [0.05, 0.1) is 16.9 Å². The maximum Gasteiger partial charge on any atom is 0.335 e. The van der Waals surface area contributed by atoms with Crippen LogP contribution < -0.4 is 10.6 Å². The first kappa shape index (κ1) is 15.0. The summed E-state index contributed by atoms with van der Waals surface area (Å²) in [5.41, 5.74) is 6.78. The Morgan fingerprint density at radius 3 is 2.32 bits per heavy atom. The Bertz CT molecular complexity index is 482. The van der Waals surface area contributed by atoms with Crippen LogP contribution in [0.3, 0.4) is 0 Å². The standard InChI is InChI=1S/C14H20N2O3/c1-4-9(5-2)13(17)16(3)12-7-6-10(14(18)19)8-11(12)15/h6-9H,4-5,15H2,1-3H3,(H,18,19). The summed E-state index contributed by atoms with van der Waals surface area (Å²) in [4.78, 5) is 24.6. The van der Waals surface area contributed by atoms with E-state index in [2.05, 4.69) is 0 Å². The molecule has 3 N–H and O–H groups in total. The molecule has 19 heavy (non-hydrogen) atoms. The van der Waals surface area contributed by atoms with E-state index in [0.29, 0.717) is 11.4 Å². The molecule has 1 amide bonds. The van der Waals surface area contributed by atoms with Gasteiger partial charge in [0.25, 0.3) is 0 Å². The summed E-state index contributed by atoms with van der Waals surface area (Å²) in [6.07, 6.45) is 1.54. The maximum atomic E-state index is 12.2. The minimum Gasteiger partial charge on any atom is -0.478 e. The number of rotatable bonds is 5. The van der Waals surface area contributed by atoms with Gasteiger partial charge in [0.15, 0.2) is 0 Å². The zero-order chi connectivity index (χ0) is 14.6. The summed E-state index contributed by atoms with van der Waals surface area (Å²) in [6, 6.07) is 4.39. The van der Waals surface area contributed by atoms with Gasteiger partial charge in [-0.3, -0.25) is 4.79 Å². The molecule has 1 rings (SSSR count). The molecule has 0 fully saturated rings. The lowest BCUT2D eigenvalue weighted by atomic mass is 10.0. The van der Waals surface area contributed by atoms with Crippen LogP contribution in [0.15, 0.2) is 18.2 Å². The van der Waals surface area contributed by atoms with Crippen LogP contribution in [0.1, 0.15) is 37.0 Å². The molecule has 0 aliphatic heterocycles. The van der Waals surface area contributed by atoms with Crippen molar-refractivity contribution in [2.45, 2.75) is 26.7 Å². The predicted octanol–water partition coefficient (Wildman–Crippen LogP) is 2.37. The quantitative estimate of drug-likeness (QED) is 0.800. The molecule has 0 aliphatic carbocycles. The van der Waals surface area contributed by atoms with E-state index in [1.165, 1.54) is 17.0 Å². The van der Waals surface area contributed by atoms with Crippen molar-refractivity contribution < 1.29 is 14.7 Å². The molecule has 0 heterocycles. The highest BCUT2D eigenvalue weighted by Crippen LogP contribution is 2.25. The van der Waals surface area contributed by atoms with Crippen LogP contribution in [0.4, 0.5) is 11.4 Å². The van der Waals surface area contributed by atoms with E-state index in [4.69, 9.17) is 10.8 Å². The fraction of sp³-hybridized carbons (Fsp3) is 0.429. The Labute approximate surface area is 113 Å². The third-order valence-corrected chi connectivity index (χ3v) is 3.30. The molecule has 0 aromatic heterocycles. The Morgan fingerprint density at radius 1 is 1.32 bits per heavy atom. The monoisotopic (exact) mass is 264 g/mol. The number of anilines is 2. The van der Waals surface area contributed by atoms with Crippen molar-refractivity contribution in [3.63, 3.8) is 0 Å². The van der Waals surface area contributed by atoms with Crippen LogP contribution >= 0.6 is 0 Å². The van der Waals surface area contributed by atoms with Crippen LogP contribution in [-0.2, 0) is 4.79 Å². The van der Waals surface area contributed by atoms with Crippen molar-refractivity contribution in [1.29, 1.82) is 0 Å². The van der Waals surface area contributed by atoms with Gasteiger partial charge in [-0.1, -0.05) is 13.8 Å². The Morgan fingerprint density at radius 2 is 1.89 bits per heavy atom. The van der Waals surface area contributed by atoms with Gasteiger partial charge in [-0.05, 0) is 31.0 Å². The van der Waals surface area contributed by atoms with Crippen LogP contribution in [0.2, 0.25) is 0 Å². The summed E-state index contributed by atoms with van der Waals surface area (Å²) in [5, 5.41) is 8.88. The molecule has 5 nitrogen and oxygen atoms in total. The number of nitrogens with two attached hydrogens (primary N) is 1. The van der Waals surface area contributed by atoms with Crippen molar-refractivity contribution >= 4 is 23.3 Å². The summed E-state index contributed by atoms with van der Waals surface area (Å²) in [7, 11) is 1.66. The topological polar surface area (TPSA) is 83.6 Å². The molecule has 0 spiro atoms. The van der Waals surface area contributed by atoms with E-state index in [9.17, 15) is 9.59 Å². The van der Waals surface area contributed by atoms with Gasteiger partial charge in [0.1, 0.15) is 0 Å². The van der Waals surface area contributed by atoms with Gasteiger partial charge >= 0.3 is 5.97 Å². The maximum absolute atomic E-state index is 12.2. The highest BCUT2D eigenvalue weighted by atomic mass is 16.4. The SMILES string of the molecule is CCC(CC)C(=O)N(C)c1ccc(C(=O)O)cc1N. The lowest BCUT2D eigenvalue weighted by molar-refractivity contribution is -0.122. The number of amides is 1. The second-order valence-electron chi connectivity index (χ2n) is 4.49. The lowest BCUT2D eigenvalue weighted by Crippen LogP contribution is -2.33. The van der Waals surface area contributed by atoms with E-state index in [0.717, 1.165) is 12.8 Å². The fourth-order valence-electron chi connectivity index (χ4n) is 2.02. The van der Waals surface area contributed by atoms with Gasteiger partial charge in [0.2, 0.25) is 5.91 Å². The van der Waals surface area contributed by atoms with E-state index in [1.807, 2.05) is 13.8 Å². The zero-order valence-electron chi connectivity index (χ0n) is 11.5. The number of aromatic carboxylic acids is 1. The molecule has 0 radical (unpaired) electrons. The Balaban J connectivity index is 3.03. The van der Waals surface area contributed by atoms with E-state index < -0.39 is 5.97 Å². The van der Waals surface area contributed by atoms with Gasteiger partial charge < -0.3 is 15.7 Å². The molecule has 0 bridgehead atoms. The molecule has 0 unspecified atom stereocenters. The molecule has 0 saturated carbocycles. The van der Waals surface area contributed by atoms with Crippen LogP contribution in [-0.4, -0.2) is 24.0 Å². The number of nitrogens with zero attached hydrogens (tertiary/aromatic N) is 1. The smallest absolute Gasteiger partial charge is 0.335 e. The highest BCUT2D eigenvalue weighted by Gasteiger charge is 2.21. The van der Waals surface area contributed by atoms with E-state index in [-0.39, 0.29) is 17.4 Å². The number of hydrogen-bond donors (Lipinski definition) is 2. The summed E-state index contributed by atoms with van der Waals surface area (Å²) in [5.74, 6) is -1.07. The van der Waals surface area contributed by atoms with Gasteiger partial charge in [0, 0.05) is 13.0 Å². The number of hydrogen-bond acceptors (Lipinski definition) is 3. The van der Waals surface area contributed by atoms with Crippen molar-refractivity contribution in [2.75, 3.05) is 17.7 Å². The number of benzene rings is 1. The largest absolute Gasteiger partial charge is 0.478 e. The first-order valence-corrected chi connectivity index (χ1v) is 6.32. The number of carboxylic acid groups (broad SMARTS) is 1. The average Bonchev–Trinajstić information content (AvgIpc) is 2.38. The Hall–Kier alpha value is -2.04. The molecular weight excluding hydrogens is 244 g/mol. The molecule has 0 atom stereocenters. The first-order valence-electron chi connectivity index (χ1n) is 6.32. The molecule has 104 valence electrons. The molecule has 5 heteroatoms. The minimum atomic E-state index is -1.03. The van der Waals surface area contributed by atoms with Crippen molar-refractivity contribution in [3.8, 4) is 0 Å². The van der Waals surface area contributed by atoms with Crippen LogP contribution in [0.5, 0.6) is 0 Å². The normalized spacial score (nSPS) is 10.5. The van der Waals surface area contributed by atoms with Crippen molar-refractivity contribution in [1.82, 2.24) is 0 Å². The highest BCUT2D eigenvalue weighted by molar-refractivity contribution is 5.98. The van der Waals surface area contributed by atoms with Gasteiger partial charge in [-0.25, -0.2) is 4.79 Å². The van der Waals surface area contributed by atoms with Gasteiger partial charge in [-0.2, -0.15) is 0 Å². The molecule has 0 aliphatic rings. The second-order valence-corrected chi connectivity index (χ2v) is 4.49. The predicted molar refractivity (Wildman–Crippen MR) is 75.3 cm³/mol. The fourth-order valence-corrected chi connectivity index (χ4v) is 2.02. The Kier molecular flexibility index (Phi) is 4.92. The lowest BCUT2D eigenvalue weighted by Gasteiger charge is -2.23. The number of carbonyl (C=O) groups excluding carboxylic acids is 1. The van der Waals surface area contributed by atoms with Gasteiger partial charge in [-0.15, -0.1) is 0 Å². The van der Waals surface area contributed by atoms with Crippen molar-refractivity contribution in [3.05, 3.63) is 23.8 Å². The second kappa shape index (κ2) is 6.22. The van der Waals surface area contributed by atoms with Crippen LogP contribution in [0.25, 0.3) is 0 Å². The summed E-state index contributed by atoms with van der Waals surface area (Å²) in [6.45, 7) is 3.94. The van der Waals surface area contributed by atoms with E-state index in [1.54, 1.807) is 13.1 Å². The minimum absolute atomic E-state index is 0.000208. The molecule has 1 aromatic rings. The van der Waals surface area contributed by atoms with Crippen molar-refractivity contribution in [2.24, 2.45) is 5.92 Å². The summed E-state index contributed by atoms with van der Waals surface area (Å²) < 4.78 is 0. The average molecular weight is 264 g/mol. The number of carboxylic acids is 1. The number of carbonyl (C=O) groups is 2. The molecule has 1 aromatic carbocycles. The molecular formula is C14H20N2O3. The summed E-state index contributed by atoms with van der Waals surface area (Å²) >= 11 is 0. The molecule has 0 saturated heterocycles. The first-order chi connectivity index (χ1) is 8.92. The van der Waals surface area contributed by atoms with Crippen LogP contribution in [0, 0.1) is 5.92 Å². The third-order valence-electron chi connectivity index (χ3n) is 3.30. The zero-order valence-corrected chi connectivity index (χ0v) is 11.5. The van der Waals surface area contributed by atoms with E-state index >= 15 is 0 Å².